The van der Waals surface area contributed by atoms with E-state index in [1.165, 1.54) is 10.5 Å². The lowest BCUT2D eigenvalue weighted by atomic mass is 9.77. The maximum absolute atomic E-state index is 13.4. The number of hydrogen-bond acceptors (Lipinski definition) is 3. The smallest absolute Gasteiger partial charge is 0.253 e. The number of hydrogen-bond donors (Lipinski definition) is 1. The van der Waals surface area contributed by atoms with E-state index in [1.54, 1.807) is 38.4 Å². The van der Waals surface area contributed by atoms with Gasteiger partial charge in [-0.2, -0.15) is 0 Å². The first-order valence-corrected chi connectivity index (χ1v) is 11.0. The highest BCUT2D eigenvalue weighted by Crippen LogP contribution is 2.36. The van der Waals surface area contributed by atoms with Crippen molar-refractivity contribution in [1.82, 2.24) is 4.90 Å². The number of carbonyl (C=O) groups is 3. The summed E-state index contributed by atoms with van der Waals surface area (Å²) in [7, 11) is 3.39. The zero-order chi connectivity index (χ0) is 22.0. The van der Waals surface area contributed by atoms with Crippen LogP contribution in [0.3, 0.4) is 0 Å². The minimum absolute atomic E-state index is 0.0568. The van der Waals surface area contributed by atoms with Gasteiger partial charge in [0.25, 0.3) is 5.91 Å². The lowest BCUT2D eigenvalue weighted by Gasteiger charge is -2.32. The first-order chi connectivity index (χ1) is 15.0. The van der Waals surface area contributed by atoms with Crippen LogP contribution < -0.4 is 10.2 Å². The maximum atomic E-state index is 13.4. The predicted molar refractivity (Wildman–Crippen MR) is 121 cm³/mol. The van der Waals surface area contributed by atoms with Crippen molar-refractivity contribution in [2.45, 2.75) is 32.1 Å². The van der Waals surface area contributed by atoms with Crippen LogP contribution in [0.15, 0.2) is 48.5 Å². The Morgan fingerprint density at radius 1 is 0.968 bits per heavy atom. The van der Waals surface area contributed by atoms with Crippen LogP contribution in [0.25, 0.3) is 0 Å². The van der Waals surface area contributed by atoms with E-state index in [0.717, 1.165) is 31.4 Å². The van der Waals surface area contributed by atoms with Crippen molar-refractivity contribution >= 4 is 29.1 Å². The topological polar surface area (TPSA) is 69.7 Å². The molecule has 2 aromatic carbocycles. The highest BCUT2D eigenvalue weighted by Gasteiger charge is 2.39. The molecule has 2 aromatic rings. The number of rotatable bonds is 4. The summed E-state index contributed by atoms with van der Waals surface area (Å²) in [6, 6.07) is 15.0. The van der Waals surface area contributed by atoms with Gasteiger partial charge in [0.2, 0.25) is 11.8 Å². The van der Waals surface area contributed by atoms with E-state index in [2.05, 4.69) is 11.4 Å². The van der Waals surface area contributed by atoms with Crippen LogP contribution in [0.1, 0.15) is 41.6 Å². The molecule has 0 aromatic heterocycles. The monoisotopic (exact) mass is 419 g/mol. The fourth-order valence-electron chi connectivity index (χ4n) is 4.73. The quantitative estimate of drug-likeness (QED) is 0.821. The normalized spacial score (nSPS) is 20.1. The molecule has 1 saturated carbocycles. The van der Waals surface area contributed by atoms with Crippen molar-refractivity contribution in [3.8, 4) is 0 Å². The Morgan fingerprint density at radius 2 is 1.71 bits per heavy atom. The Kier molecular flexibility index (Phi) is 6.07. The minimum atomic E-state index is -0.359. The van der Waals surface area contributed by atoms with Crippen LogP contribution in [0.4, 0.5) is 11.4 Å². The fourth-order valence-corrected chi connectivity index (χ4v) is 4.73. The molecule has 6 nitrogen and oxygen atoms in total. The molecule has 0 radical (unpaired) electrons. The number of para-hydroxylation sites is 1. The predicted octanol–water partition coefficient (Wildman–Crippen LogP) is 3.72. The van der Waals surface area contributed by atoms with Crippen LogP contribution >= 0.6 is 0 Å². The van der Waals surface area contributed by atoms with E-state index in [-0.39, 0.29) is 29.6 Å². The van der Waals surface area contributed by atoms with Gasteiger partial charge < -0.3 is 15.1 Å². The van der Waals surface area contributed by atoms with E-state index in [0.29, 0.717) is 24.2 Å². The molecule has 1 heterocycles. The first kappa shape index (κ1) is 21.1. The lowest BCUT2D eigenvalue weighted by molar-refractivity contribution is -0.132. The molecule has 31 heavy (non-hydrogen) atoms. The molecule has 0 saturated heterocycles. The van der Waals surface area contributed by atoms with Gasteiger partial charge in [0.15, 0.2) is 0 Å². The van der Waals surface area contributed by atoms with E-state index in [4.69, 9.17) is 0 Å². The Morgan fingerprint density at radius 3 is 2.48 bits per heavy atom. The van der Waals surface area contributed by atoms with Gasteiger partial charge in [0.05, 0.1) is 5.92 Å². The number of anilines is 2. The minimum Gasteiger partial charge on any atom is -0.345 e. The van der Waals surface area contributed by atoms with Crippen molar-refractivity contribution in [3.05, 3.63) is 59.7 Å². The molecule has 6 heteroatoms. The van der Waals surface area contributed by atoms with Crippen molar-refractivity contribution in [1.29, 1.82) is 0 Å². The van der Waals surface area contributed by atoms with E-state index < -0.39 is 0 Å². The highest BCUT2D eigenvalue weighted by molar-refractivity contribution is 6.02. The molecule has 162 valence electrons. The molecule has 0 spiro atoms. The summed E-state index contributed by atoms with van der Waals surface area (Å²) in [6.45, 7) is 0.678. The van der Waals surface area contributed by atoms with Gasteiger partial charge in [-0.05, 0) is 49.1 Å². The summed E-state index contributed by atoms with van der Waals surface area (Å²) >= 11 is 0. The Bertz CT molecular complexity index is 1000. The van der Waals surface area contributed by atoms with Gasteiger partial charge >= 0.3 is 0 Å². The molecular formula is C25H29N3O3. The van der Waals surface area contributed by atoms with Gasteiger partial charge in [0.1, 0.15) is 0 Å². The largest absolute Gasteiger partial charge is 0.345 e. The Balaban J connectivity index is 1.50. The second kappa shape index (κ2) is 8.92. The fraction of sp³-hybridized carbons (Fsp3) is 0.400. The summed E-state index contributed by atoms with van der Waals surface area (Å²) in [4.78, 5) is 42.2. The van der Waals surface area contributed by atoms with Crippen LogP contribution in [0, 0.1) is 11.8 Å². The Hall–Kier alpha value is -3.15. The number of fused-ring (bicyclic) bond motifs is 1. The molecular weight excluding hydrogens is 390 g/mol. The third-order valence-electron chi connectivity index (χ3n) is 6.36. The number of amides is 3. The molecule has 1 aliphatic heterocycles. The molecule has 3 amide bonds. The molecule has 1 fully saturated rings. The molecule has 2 unspecified atom stereocenters. The van der Waals surface area contributed by atoms with E-state index >= 15 is 0 Å². The average Bonchev–Trinajstić information content (AvgIpc) is 3.22. The lowest BCUT2D eigenvalue weighted by Crippen LogP contribution is -2.43. The molecule has 1 N–H and O–H groups in total. The molecule has 1 aliphatic carbocycles. The van der Waals surface area contributed by atoms with Gasteiger partial charge in [-0.15, -0.1) is 0 Å². The van der Waals surface area contributed by atoms with Gasteiger partial charge in [-0.1, -0.05) is 37.1 Å². The van der Waals surface area contributed by atoms with Crippen molar-refractivity contribution in [2.24, 2.45) is 11.8 Å². The number of benzene rings is 2. The van der Waals surface area contributed by atoms with Gasteiger partial charge in [-0.25, -0.2) is 0 Å². The van der Waals surface area contributed by atoms with Gasteiger partial charge in [-0.3, -0.25) is 14.4 Å². The van der Waals surface area contributed by atoms with Crippen molar-refractivity contribution in [2.75, 3.05) is 30.9 Å². The van der Waals surface area contributed by atoms with E-state index in [9.17, 15) is 14.4 Å². The number of nitrogens with one attached hydrogen (secondary N) is 1. The third kappa shape index (κ3) is 4.33. The second-order valence-corrected chi connectivity index (χ2v) is 8.64. The maximum Gasteiger partial charge on any atom is 0.253 e. The van der Waals surface area contributed by atoms with Crippen LogP contribution in [-0.4, -0.2) is 43.3 Å². The molecule has 0 bridgehead atoms. The van der Waals surface area contributed by atoms with Crippen molar-refractivity contribution < 1.29 is 14.4 Å². The summed E-state index contributed by atoms with van der Waals surface area (Å²) in [5.74, 6) is -0.871. The summed E-state index contributed by atoms with van der Waals surface area (Å²) in [5, 5.41) is 2.96. The zero-order valence-electron chi connectivity index (χ0n) is 18.1. The third-order valence-corrected chi connectivity index (χ3v) is 6.36. The zero-order valence-corrected chi connectivity index (χ0v) is 18.1. The average molecular weight is 420 g/mol. The molecule has 4 rings (SSSR count). The van der Waals surface area contributed by atoms with Crippen LogP contribution in [-0.2, 0) is 16.0 Å². The first-order valence-electron chi connectivity index (χ1n) is 11.0. The number of nitrogens with zero attached hydrogens (tertiary/aromatic N) is 2. The standard InChI is InChI=1S/C25H29N3O3/c1-27(2)24(30)18-9-7-10-19(16-18)26-23(29)20-11-4-5-12-21(20)25(31)28-15-14-17-8-3-6-13-22(17)28/h3,6-10,13,16,20-21H,4-5,11-12,14-15H2,1-2H3,(H,26,29). The SMILES string of the molecule is CN(C)C(=O)c1cccc(NC(=O)C2CCCCC2C(=O)N2CCc3ccccc32)c1. The summed E-state index contributed by atoms with van der Waals surface area (Å²) in [5.41, 5.74) is 3.27. The van der Waals surface area contributed by atoms with Gasteiger partial charge in [0, 0.05) is 43.5 Å². The van der Waals surface area contributed by atoms with E-state index in [1.807, 2.05) is 23.1 Å². The van der Waals surface area contributed by atoms with Crippen LogP contribution in [0.2, 0.25) is 0 Å². The van der Waals surface area contributed by atoms with Crippen molar-refractivity contribution in [3.63, 3.8) is 0 Å². The van der Waals surface area contributed by atoms with Crippen LogP contribution in [0.5, 0.6) is 0 Å². The molecule has 2 atom stereocenters. The highest BCUT2D eigenvalue weighted by atomic mass is 16.2. The second-order valence-electron chi connectivity index (χ2n) is 8.64. The summed E-state index contributed by atoms with van der Waals surface area (Å²) in [6.07, 6.45) is 4.20. The Labute approximate surface area is 183 Å². The molecule has 2 aliphatic rings. The summed E-state index contributed by atoms with van der Waals surface area (Å²) < 4.78 is 0. The number of carbonyl (C=O) groups excluding carboxylic acids is 3.